The summed E-state index contributed by atoms with van der Waals surface area (Å²) in [6.45, 7) is 0.732. The number of rotatable bonds is 7. The summed E-state index contributed by atoms with van der Waals surface area (Å²) in [7, 11) is 0. The number of amides is 4. The highest BCUT2D eigenvalue weighted by Gasteiger charge is 2.44. The maximum Gasteiger partial charge on any atom is 0.262 e. The first kappa shape index (κ1) is 24.9. The summed E-state index contributed by atoms with van der Waals surface area (Å²) in [5.74, 6) is -1.06. The van der Waals surface area contributed by atoms with Crippen LogP contribution in [0.3, 0.4) is 0 Å². The summed E-state index contributed by atoms with van der Waals surface area (Å²) in [5, 5.41) is 18.7. The minimum atomic E-state index is -0.967. The van der Waals surface area contributed by atoms with Gasteiger partial charge in [-0.25, -0.2) is 4.98 Å². The van der Waals surface area contributed by atoms with Gasteiger partial charge in [-0.15, -0.1) is 0 Å². The van der Waals surface area contributed by atoms with Gasteiger partial charge in [0.1, 0.15) is 6.04 Å². The normalized spacial score (nSPS) is 23.7. The van der Waals surface area contributed by atoms with Crippen LogP contribution in [0, 0.1) is 5.92 Å². The third-order valence-corrected chi connectivity index (χ3v) is 8.92. The fraction of sp³-hybridized carbons (Fsp3) is 0.367. The Labute approximate surface area is 239 Å². The highest BCUT2D eigenvalue weighted by atomic mass is 16.2. The standard InChI is InChI=1S/C30H28N8O4/c39-25-8-7-24(28(40)34-25)38-29(41)20-5-4-18(11-21(20)30(38)42)31-12-15-9-19(10-15)37-14-22(26(36-37)16-1-2-16)23-6-3-17-13-32-35-27(17)33-23/h3-6,11,13-16,19,24,31H,1-2,7-10,12H2,(H,32,33,35)(H,34,39,40)/t15-,19-,24?. The molecule has 3 fully saturated rings. The SMILES string of the molecule is O=C1CCC(N2C(=O)c3ccc(NC[C@H]4C[C@H](n5cc(-c6ccc7cn[nH]c7n6)c(C6CC6)n5)C4)cc3C2=O)C(=O)N1. The maximum atomic E-state index is 13.1. The van der Waals surface area contributed by atoms with E-state index in [0.29, 0.717) is 17.9 Å². The van der Waals surface area contributed by atoms with Crippen LogP contribution in [0.15, 0.2) is 42.7 Å². The second-order valence-corrected chi connectivity index (χ2v) is 11.8. The van der Waals surface area contributed by atoms with Crippen molar-refractivity contribution in [1.82, 2.24) is 35.2 Å². The zero-order chi connectivity index (χ0) is 28.5. The molecule has 0 spiro atoms. The molecule has 3 N–H and O–H groups in total. The molecule has 2 saturated carbocycles. The Morgan fingerprint density at radius 2 is 1.79 bits per heavy atom. The number of H-pyrrole nitrogens is 1. The number of carbonyl (C=O) groups excluding carboxylic acids is 4. The van der Waals surface area contributed by atoms with Crippen molar-refractivity contribution in [2.75, 3.05) is 11.9 Å². The Bertz CT molecular complexity index is 1800. The third kappa shape index (κ3) is 4.08. The molecule has 212 valence electrons. The molecule has 1 unspecified atom stereocenters. The van der Waals surface area contributed by atoms with Crippen LogP contribution in [-0.4, -0.2) is 66.1 Å². The van der Waals surface area contributed by atoms with Gasteiger partial charge in [-0.2, -0.15) is 10.2 Å². The Morgan fingerprint density at radius 3 is 2.60 bits per heavy atom. The minimum absolute atomic E-state index is 0.0958. The molecular weight excluding hydrogens is 536 g/mol. The average molecular weight is 565 g/mol. The highest BCUT2D eigenvalue weighted by Crippen LogP contribution is 2.45. The number of imide groups is 2. The highest BCUT2D eigenvalue weighted by molar-refractivity contribution is 6.23. The van der Waals surface area contributed by atoms with Crippen molar-refractivity contribution in [3.8, 4) is 11.3 Å². The zero-order valence-electron chi connectivity index (χ0n) is 22.7. The van der Waals surface area contributed by atoms with Crippen LogP contribution in [0.4, 0.5) is 5.69 Å². The molecule has 1 saturated heterocycles. The smallest absolute Gasteiger partial charge is 0.262 e. The molecule has 8 rings (SSSR count). The molecule has 0 bridgehead atoms. The van der Waals surface area contributed by atoms with Gasteiger partial charge in [0.2, 0.25) is 11.8 Å². The first-order chi connectivity index (χ1) is 20.4. The number of hydrogen-bond acceptors (Lipinski definition) is 8. The van der Waals surface area contributed by atoms with Gasteiger partial charge in [-0.3, -0.25) is 39.2 Å². The van der Waals surface area contributed by atoms with Gasteiger partial charge in [0.25, 0.3) is 11.8 Å². The predicted molar refractivity (Wildman–Crippen MR) is 150 cm³/mol. The third-order valence-electron chi connectivity index (χ3n) is 8.92. The minimum Gasteiger partial charge on any atom is -0.385 e. The Hall–Kier alpha value is -4.87. The first-order valence-electron chi connectivity index (χ1n) is 14.4. The van der Waals surface area contributed by atoms with Gasteiger partial charge in [0, 0.05) is 41.7 Å². The van der Waals surface area contributed by atoms with Crippen molar-refractivity contribution in [3.63, 3.8) is 0 Å². The molecule has 4 aliphatic rings. The van der Waals surface area contributed by atoms with Gasteiger partial charge >= 0.3 is 0 Å². The Morgan fingerprint density at radius 1 is 0.952 bits per heavy atom. The molecule has 5 heterocycles. The van der Waals surface area contributed by atoms with Crippen LogP contribution < -0.4 is 10.6 Å². The zero-order valence-corrected chi connectivity index (χ0v) is 22.7. The number of nitrogens with one attached hydrogen (secondary N) is 3. The van der Waals surface area contributed by atoms with Gasteiger partial charge in [-0.1, -0.05) is 0 Å². The molecule has 1 atom stereocenters. The number of aromatic nitrogens is 5. The van der Waals surface area contributed by atoms with E-state index in [1.54, 1.807) is 24.4 Å². The van der Waals surface area contributed by atoms with Crippen LogP contribution in [0.1, 0.15) is 76.9 Å². The summed E-state index contributed by atoms with van der Waals surface area (Å²) in [5.41, 5.74) is 5.23. The van der Waals surface area contributed by atoms with E-state index in [0.717, 1.165) is 70.8 Å². The van der Waals surface area contributed by atoms with E-state index >= 15 is 0 Å². The molecule has 12 heteroatoms. The lowest BCUT2D eigenvalue weighted by Gasteiger charge is -2.35. The second-order valence-electron chi connectivity index (χ2n) is 11.8. The van der Waals surface area contributed by atoms with Crippen LogP contribution >= 0.6 is 0 Å². The lowest BCUT2D eigenvalue weighted by molar-refractivity contribution is -0.136. The number of nitrogens with zero attached hydrogens (tertiary/aromatic N) is 5. The van der Waals surface area contributed by atoms with Crippen LogP contribution in [0.2, 0.25) is 0 Å². The summed E-state index contributed by atoms with van der Waals surface area (Å²) < 4.78 is 2.11. The van der Waals surface area contributed by atoms with Crippen molar-refractivity contribution in [2.45, 2.75) is 56.5 Å². The molecule has 2 aliphatic carbocycles. The number of pyridine rings is 1. The Balaban J connectivity index is 0.921. The number of carbonyl (C=O) groups is 4. The molecule has 42 heavy (non-hydrogen) atoms. The van der Waals surface area contributed by atoms with Gasteiger partial charge in [-0.05, 0) is 68.4 Å². The van der Waals surface area contributed by atoms with E-state index < -0.39 is 29.7 Å². The predicted octanol–water partition coefficient (Wildman–Crippen LogP) is 3.16. The number of hydrogen-bond donors (Lipinski definition) is 3. The van der Waals surface area contributed by atoms with E-state index in [1.807, 2.05) is 12.1 Å². The number of fused-ring (bicyclic) bond motifs is 2. The lowest BCUT2D eigenvalue weighted by atomic mass is 9.80. The van der Waals surface area contributed by atoms with Crippen LogP contribution in [-0.2, 0) is 9.59 Å². The van der Waals surface area contributed by atoms with Crippen molar-refractivity contribution in [2.24, 2.45) is 5.92 Å². The molecular formula is C30H28N8O4. The summed E-state index contributed by atoms with van der Waals surface area (Å²) >= 11 is 0. The Kier molecular flexibility index (Phi) is 5.53. The van der Waals surface area contributed by atoms with Gasteiger partial charge in [0.15, 0.2) is 5.65 Å². The van der Waals surface area contributed by atoms with E-state index in [-0.39, 0.29) is 24.0 Å². The molecule has 4 amide bonds. The summed E-state index contributed by atoms with van der Waals surface area (Å²) in [4.78, 5) is 55.7. The van der Waals surface area contributed by atoms with Crippen molar-refractivity contribution >= 4 is 40.3 Å². The topological polar surface area (TPSA) is 155 Å². The number of anilines is 1. The number of piperidine rings is 1. The molecule has 0 radical (unpaired) electrons. The van der Waals surface area contributed by atoms with Crippen molar-refractivity contribution < 1.29 is 19.2 Å². The monoisotopic (exact) mass is 564 g/mol. The largest absolute Gasteiger partial charge is 0.385 e. The van der Waals surface area contributed by atoms with E-state index in [9.17, 15) is 19.2 Å². The van der Waals surface area contributed by atoms with E-state index in [4.69, 9.17) is 10.1 Å². The average Bonchev–Trinajstić information content (AvgIpc) is 3.44. The number of benzene rings is 1. The van der Waals surface area contributed by atoms with Crippen molar-refractivity contribution in [3.05, 3.63) is 59.5 Å². The maximum absolute atomic E-state index is 13.1. The van der Waals surface area contributed by atoms with Gasteiger partial charge in [0.05, 0.1) is 34.8 Å². The summed E-state index contributed by atoms with van der Waals surface area (Å²) in [6, 6.07) is 8.53. The molecule has 3 aromatic heterocycles. The van der Waals surface area contributed by atoms with Gasteiger partial charge < -0.3 is 5.32 Å². The first-order valence-corrected chi connectivity index (χ1v) is 14.4. The van der Waals surface area contributed by atoms with Crippen molar-refractivity contribution in [1.29, 1.82) is 0 Å². The molecule has 1 aromatic carbocycles. The van der Waals surface area contributed by atoms with Crippen LogP contribution in [0.5, 0.6) is 0 Å². The van der Waals surface area contributed by atoms with E-state index in [1.165, 1.54) is 0 Å². The lowest BCUT2D eigenvalue weighted by Crippen LogP contribution is -2.54. The van der Waals surface area contributed by atoms with E-state index in [2.05, 4.69) is 31.7 Å². The fourth-order valence-electron chi connectivity index (χ4n) is 6.35. The van der Waals surface area contributed by atoms with Crippen LogP contribution in [0.25, 0.3) is 22.3 Å². The number of aromatic amines is 1. The molecule has 2 aliphatic heterocycles. The fourth-order valence-corrected chi connectivity index (χ4v) is 6.35. The summed E-state index contributed by atoms with van der Waals surface area (Å²) in [6.07, 6.45) is 8.44. The second kappa shape index (κ2) is 9.33. The molecule has 12 nitrogen and oxygen atoms in total. The molecule has 4 aromatic rings. The quantitative estimate of drug-likeness (QED) is 0.289.